The highest BCUT2D eigenvalue weighted by molar-refractivity contribution is 5.95. The smallest absolute Gasteiger partial charge is 0.338 e. The fourth-order valence-electron chi connectivity index (χ4n) is 3.67. The van der Waals surface area contributed by atoms with E-state index in [1.165, 1.54) is 6.26 Å². The van der Waals surface area contributed by atoms with Crippen molar-refractivity contribution in [3.63, 3.8) is 0 Å². The van der Waals surface area contributed by atoms with Gasteiger partial charge < -0.3 is 24.5 Å². The van der Waals surface area contributed by atoms with Gasteiger partial charge in [0.2, 0.25) is 0 Å². The van der Waals surface area contributed by atoms with Crippen molar-refractivity contribution in [3.05, 3.63) is 35.4 Å². The molecule has 0 aromatic carbocycles. The number of rotatable bonds is 7. The minimum atomic E-state index is -0.718. The normalized spacial score (nSPS) is 20.8. The molecule has 29 heavy (non-hydrogen) atoms. The van der Waals surface area contributed by atoms with Crippen molar-refractivity contribution in [3.8, 4) is 0 Å². The van der Waals surface area contributed by atoms with Crippen LogP contribution >= 0.6 is 0 Å². The van der Waals surface area contributed by atoms with Crippen LogP contribution in [0.2, 0.25) is 0 Å². The van der Waals surface area contributed by atoms with Crippen LogP contribution in [0.25, 0.3) is 0 Å². The molecule has 0 unspecified atom stereocenters. The molecule has 0 radical (unpaired) electrons. The molecule has 0 aliphatic carbocycles. The van der Waals surface area contributed by atoms with E-state index in [-0.39, 0.29) is 18.5 Å². The first-order chi connectivity index (χ1) is 14.0. The van der Waals surface area contributed by atoms with Gasteiger partial charge in [0.15, 0.2) is 0 Å². The number of piperidine rings is 1. The Morgan fingerprint density at radius 1 is 1.21 bits per heavy atom. The number of ether oxygens (including phenoxy) is 2. The number of nitrogens with zero attached hydrogens (tertiary/aromatic N) is 1. The zero-order valence-corrected chi connectivity index (χ0v) is 16.7. The molecule has 3 heterocycles. The van der Waals surface area contributed by atoms with E-state index in [0.29, 0.717) is 56.1 Å². The number of carbonyl (C=O) groups is 3. The molecular formula is C20H27N3O6. The van der Waals surface area contributed by atoms with Crippen molar-refractivity contribution in [1.29, 1.82) is 0 Å². The lowest BCUT2D eigenvalue weighted by molar-refractivity contribution is -0.149. The van der Waals surface area contributed by atoms with E-state index >= 15 is 0 Å². The quantitative estimate of drug-likeness (QED) is 0.665. The standard InChI is InChI=1S/C20H27N3O6/c1-3-27-18(24)13-7-9-23(10-8-13)12-14-16(19(25)28-4-2)17(22-20(26)21-14)15-6-5-11-29-15/h5-6,11,13,17H,3-4,7-10,12H2,1-2H3,(H2,21,22,26)/t17-/m1/s1. The van der Waals surface area contributed by atoms with E-state index in [4.69, 9.17) is 13.9 Å². The van der Waals surface area contributed by atoms with Gasteiger partial charge in [-0.2, -0.15) is 0 Å². The first kappa shape index (κ1) is 20.9. The summed E-state index contributed by atoms with van der Waals surface area (Å²) in [7, 11) is 0. The van der Waals surface area contributed by atoms with E-state index < -0.39 is 18.0 Å². The molecule has 1 aromatic rings. The summed E-state index contributed by atoms with van der Waals surface area (Å²) in [5, 5.41) is 5.48. The van der Waals surface area contributed by atoms with Crippen LogP contribution in [0.1, 0.15) is 38.5 Å². The minimum absolute atomic E-state index is 0.108. The molecule has 2 amide bonds. The zero-order chi connectivity index (χ0) is 20.8. The summed E-state index contributed by atoms with van der Waals surface area (Å²) >= 11 is 0. The predicted octanol–water partition coefficient (Wildman–Crippen LogP) is 1.73. The van der Waals surface area contributed by atoms with Gasteiger partial charge in [-0.25, -0.2) is 9.59 Å². The molecule has 1 fully saturated rings. The third kappa shape index (κ3) is 4.97. The highest BCUT2D eigenvalue weighted by Gasteiger charge is 2.36. The van der Waals surface area contributed by atoms with Gasteiger partial charge in [-0.1, -0.05) is 0 Å². The van der Waals surface area contributed by atoms with Gasteiger partial charge >= 0.3 is 18.0 Å². The summed E-state index contributed by atoms with van der Waals surface area (Å²) in [5.41, 5.74) is 0.817. The average Bonchev–Trinajstić information content (AvgIpc) is 3.23. The predicted molar refractivity (Wildman–Crippen MR) is 103 cm³/mol. The molecule has 2 N–H and O–H groups in total. The number of likely N-dealkylation sites (tertiary alicyclic amines) is 1. The number of nitrogens with one attached hydrogen (secondary N) is 2. The second kappa shape index (κ2) is 9.60. The van der Waals surface area contributed by atoms with Crippen molar-refractivity contribution in [2.75, 3.05) is 32.8 Å². The molecule has 0 spiro atoms. The van der Waals surface area contributed by atoms with Crippen LogP contribution in [-0.4, -0.2) is 55.7 Å². The van der Waals surface area contributed by atoms with Gasteiger partial charge in [-0.05, 0) is 51.9 Å². The van der Waals surface area contributed by atoms with Gasteiger partial charge in [0.1, 0.15) is 11.8 Å². The zero-order valence-electron chi connectivity index (χ0n) is 16.7. The van der Waals surface area contributed by atoms with Crippen molar-refractivity contribution in [1.82, 2.24) is 15.5 Å². The maximum Gasteiger partial charge on any atom is 0.338 e. The summed E-state index contributed by atoms with van der Waals surface area (Å²) in [6.07, 6.45) is 2.84. The van der Waals surface area contributed by atoms with E-state index in [0.717, 1.165) is 0 Å². The third-order valence-corrected chi connectivity index (χ3v) is 5.07. The monoisotopic (exact) mass is 405 g/mol. The lowest BCUT2D eigenvalue weighted by Gasteiger charge is -2.34. The topological polar surface area (TPSA) is 110 Å². The molecule has 2 aliphatic heterocycles. The van der Waals surface area contributed by atoms with Crippen molar-refractivity contribution >= 4 is 18.0 Å². The lowest BCUT2D eigenvalue weighted by Crippen LogP contribution is -2.49. The van der Waals surface area contributed by atoms with Crippen molar-refractivity contribution in [2.24, 2.45) is 5.92 Å². The molecule has 0 bridgehead atoms. The highest BCUT2D eigenvalue weighted by Crippen LogP contribution is 2.29. The molecule has 1 aromatic heterocycles. The Morgan fingerprint density at radius 3 is 2.55 bits per heavy atom. The summed E-state index contributed by atoms with van der Waals surface area (Å²) in [5.74, 6) is -0.311. The molecule has 158 valence electrons. The Balaban J connectivity index is 1.78. The van der Waals surface area contributed by atoms with Crippen LogP contribution in [0, 0.1) is 5.92 Å². The second-order valence-corrected chi connectivity index (χ2v) is 6.96. The molecule has 3 rings (SSSR count). The SMILES string of the molecule is CCOC(=O)C1=C(CN2CCC(C(=O)OCC)CC2)NC(=O)N[C@@H]1c1ccco1. The van der Waals surface area contributed by atoms with E-state index in [2.05, 4.69) is 15.5 Å². The second-order valence-electron chi connectivity index (χ2n) is 6.96. The number of esters is 2. The Hall–Kier alpha value is -2.81. The number of furan rings is 1. The first-order valence-electron chi connectivity index (χ1n) is 9.93. The van der Waals surface area contributed by atoms with Gasteiger partial charge in [0.25, 0.3) is 0 Å². The fourth-order valence-corrected chi connectivity index (χ4v) is 3.67. The Kier molecular flexibility index (Phi) is 6.92. The minimum Gasteiger partial charge on any atom is -0.467 e. The highest BCUT2D eigenvalue weighted by atomic mass is 16.5. The maximum absolute atomic E-state index is 12.7. The van der Waals surface area contributed by atoms with Crippen molar-refractivity contribution < 1.29 is 28.3 Å². The summed E-state index contributed by atoms with van der Waals surface area (Å²) in [6, 6.07) is 2.28. The van der Waals surface area contributed by atoms with Crippen LogP contribution in [0.3, 0.4) is 0 Å². The third-order valence-electron chi connectivity index (χ3n) is 5.07. The van der Waals surface area contributed by atoms with Gasteiger partial charge in [0, 0.05) is 12.2 Å². The number of urea groups is 1. The molecule has 0 saturated carbocycles. The van der Waals surface area contributed by atoms with Crippen LogP contribution in [-0.2, 0) is 19.1 Å². The van der Waals surface area contributed by atoms with Crippen LogP contribution < -0.4 is 10.6 Å². The fraction of sp³-hybridized carbons (Fsp3) is 0.550. The number of amides is 2. The van der Waals surface area contributed by atoms with Gasteiger partial charge in [0.05, 0.1) is 31.0 Å². The molecule has 9 nitrogen and oxygen atoms in total. The van der Waals surface area contributed by atoms with E-state index in [9.17, 15) is 14.4 Å². The maximum atomic E-state index is 12.7. The Morgan fingerprint density at radius 2 is 1.93 bits per heavy atom. The summed E-state index contributed by atoms with van der Waals surface area (Å²) < 4.78 is 15.8. The summed E-state index contributed by atoms with van der Waals surface area (Å²) in [6.45, 7) is 5.83. The van der Waals surface area contributed by atoms with E-state index in [1.807, 2.05) is 0 Å². The van der Waals surface area contributed by atoms with Crippen LogP contribution in [0.5, 0.6) is 0 Å². The van der Waals surface area contributed by atoms with E-state index in [1.54, 1.807) is 26.0 Å². The molecule has 9 heteroatoms. The molecule has 2 aliphatic rings. The Labute approximate surface area is 169 Å². The number of hydrogen-bond donors (Lipinski definition) is 2. The number of hydrogen-bond acceptors (Lipinski definition) is 7. The largest absolute Gasteiger partial charge is 0.467 e. The first-order valence-corrected chi connectivity index (χ1v) is 9.93. The average molecular weight is 405 g/mol. The van der Waals surface area contributed by atoms with Crippen molar-refractivity contribution in [2.45, 2.75) is 32.7 Å². The van der Waals surface area contributed by atoms with Crippen LogP contribution in [0.4, 0.5) is 4.79 Å². The lowest BCUT2D eigenvalue weighted by atomic mass is 9.95. The van der Waals surface area contributed by atoms with Crippen LogP contribution in [0.15, 0.2) is 34.1 Å². The Bertz CT molecular complexity index is 765. The molecule has 1 atom stereocenters. The summed E-state index contributed by atoms with van der Waals surface area (Å²) in [4.78, 5) is 39.0. The molecular weight excluding hydrogens is 378 g/mol. The molecule has 1 saturated heterocycles. The van der Waals surface area contributed by atoms with Gasteiger partial charge in [-0.15, -0.1) is 0 Å². The number of carbonyl (C=O) groups excluding carboxylic acids is 3. The van der Waals surface area contributed by atoms with Gasteiger partial charge in [-0.3, -0.25) is 9.69 Å².